The summed E-state index contributed by atoms with van der Waals surface area (Å²) in [6.07, 6.45) is 0. The molecule has 0 spiro atoms. The third-order valence-corrected chi connectivity index (χ3v) is 9.19. The number of hydrogen-bond donors (Lipinski definition) is 0. The van der Waals surface area contributed by atoms with Gasteiger partial charge in [-0.1, -0.05) is 121 Å². The number of rotatable bonds is 4. The fourth-order valence-corrected chi connectivity index (χ4v) is 6.92. The summed E-state index contributed by atoms with van der Waals surface area (Å²) in [6, 6.07) is 54.3. The van der Waals surface area contributed by atoms with Crippen molar-refractivity contribution in [2.45, 2.75) is 0 Å². The minimum Gasteiger partial charge on any atom is -0.439 e. The lowest BCUT2D eigenvalue weighted by molar-refractivity contribution is 0.650. The first-order valence-electron chi connectivity index (χ1n) is 16.0. The van der Waals surface area contributed by atoms with Crippen LogP contribution < -0.4 is 0 Å². The topological polar surface area (TPSA) is 56.2 Å². The Morgan fingerprint density at radius 1 is 0.438 bits per heavy atom. The zero-order valence-electron chi connectivity index (χ0n) is 25.7. The van der Waals surface area contributed by atoms with E-state index < -0.39 is 0 Å². The maximum absolute atomic E-state index is 6.64. The molecule has 10 rings (SSSR count). The largest absolute Gasteiger partial charge is 0.439 e. The van der Waals surface area contributed by atoms with Crippen LogP contribution in [-0.4, -0.2) is 19.4 Å². The molecule has 0 saturated carbocycles. The third kappa shape index (κ3) is 4.15. The van der Waals surface area contributed by atoms with E-state index in [1.807, 2.05) is 42.5 Å². The zero-order chi connectivity index (χ0) is 31.6. The van der Waals surface area contributed by atoms with E-state index in [2.05, 4.69) is 120 Å². The summed E-state index contributed by atoms with van der Waals surface area (Å²) in [5, 5.41) is 4.39. The molecule has 0 radical (unpaired) electrons. The van der Waals surface area contributed by atoms with Crippen LogP contribution in [0.4, 0.5) is 0 Å². The van der Waals surface area contributed by atoms with Gasteiger partial charge in [-0.15, -0.1) is 0 Å². The molecule has 6 aromatic carbocycles. The number of aromatic nitrogens is 4. The lowest BCUT2D eigenvalue weighted by Crippen LogP contribution is -1.96. The van der Waals surface area contributed by atoms with Crippen LogP contribution in [0.5, 0.6) is 0 Å². The van der Waals surface area contributed by atoms with Gasteiger partial charge in [0.15, 0.2) is 5.82 Å². The van der Waals surface area contributed by atoms with E-state index in [-0.39, 0.29) is 0 Å². The average molecular weight is 615 g/mol. The van der Waals surface area contributed by atoms with Crippen LogP contribution in [0.25, 0.3) is 94.6 Å². The molecule has 48 heavy (non-hydrogen) atoms. The summed E-state index contributed by atoms with van der Waals surface area (Å²) in [4.78, 5) is 15.0. The number of imidazole rings is 1. The van der Waals surface area contributed by atoms with Gasteiger partial charge in [0, 0.05) is 27.5 Å². The Bertz CT molecular complexity index is 2780. The zero-order valence-corrected chi connectivity index (χ0v) is 25.7. The lowest BCUT2D eigenvalue weighted by atomic mass is 9.98. The molecule has 0 aliphatic heterocycles. The molecule has 5 heteroatoms. The van der Waals surface area contributed by atoms with Crippen molar-refractivity contribution in [3.05, 3.63) is 158 Å². The van der Waals surface area contributed by atoms with Crippen molar-refractivity contribution in [1.29, 1.82) is 0 Å². The Morgan fingerprint density at radius 2 is 1.08 bits per heavy atom. The van der Waals surface area contributed by atoms with E-state index in [4.69, 9.17) is 19.4 Å². The van der Waals surface area contributed by atoms with Gasteiger partial charge in [0.2, 0.25) is 5.71 Å². The summed E-state index contributed by atoms with van der Waals surface area (Å²) in [5.41, 5.74) is 11.6. The van der Waals surface area contributed by atoms with E-state index in [0.717, 1.165) is 88.7 Å². The Morgan fingerprint density at radius 3 is 1.92 bits per heavy atom. The average Bonchev–Trinajstić information content (AvgIpc) is 3.74. The van der Waals surface area contributed by atoms with Gasteiger partial charge in [-0.25, -0.2) is 15.0 Å². The van der Waals surface area contributed by atoms with Crippen LogP contribution in [0.3, 0.4) is 0 Å². The highest BCUT2D eigenvalue weighted by Gasteiger charge is 2.19. The van der Waals surface area contributed by atoms with Crippen LogP contribution in [0, 0.1) is 0 Å². The highest BCUT2D eigenvalue weighted by atomic mass is 16.3. The van der Waals surface area contributed by atoms with Crippen molar-refractivity contribution in [3.8, 4) is 45.0 Å². The fourth-order valence-electron chi connectivity index (χ4n) is 6.92. The van der Waals surface area contributed by atoms with Crippen LogP contribution in [0.15, 0.2) is 162 Å². The van der Waals surface area contributed by atoms with Crippen LogP contribution >= 0.6 is 0 Å². The van der Waals surface area contributed by atoms with Crippen molar-refractivity contribution in [2.75, 3.05) is 0 Å². The first-order valence-corrected chi connectivity index (χ1v) is 16.0. The molecule has 0 amide bonds. The van der Waals surface area contributed by atoms with E-state index in [9.17, 15) is 0 Å². The second-order valence-electron chi connectivity index (χ2n) is 12.1. The number of hydrogen-bond acceptors (Lipinski definition) is 4. The Hall–Kier alpha value is -6.59. The van der Waals surface area contributed by atoms with Crippen molar-refractivity contribution in [1.82, 2.24) is 19.4 Å². The summed E-state index contributed by atoms with van der Waals surface area (Å²) < 4.78 is 8.80. The Kier molecular flexibility index (Phi) is 5.81. The van der Waals surface area contributed by atoms with E-state index in [0.29, 0.717) is 5.82 Å². The highest BCUT2D eigenvalue weighted by molar-refractivity contribution is 6.22. The number of pyridine rings is 1. The second kappa shape index (κ2) is 10.5. The number of para-hydroxylation sites is 2. The molecule has 0 bridgehead atoms. The van der Waals surface area contributed by atoms with Crippen molar-refractivity contribution in [2.24, 2.45) is 0 Å². The predicted octanol–water partition coefficient (Wildman–Crippen LogP) is 11.0. The van der Waals surface area contributed by atoms with Crippen LogP contribution in [0.1, 0.15) is 0 Å². The summed E-state index contributed by atoms with van der Waals surface area (Å²) in [6.45, 7) is 0. The SMILES string of the molecule is c1ccc(-c2cc(-c3cccc(-c4ccc5oc6c(c5c4)c4ccccc4c4nc5ccccc5n46)c3)nc(-c3ccccc3)n2)cc1. The summed E-state index contributed by atoms with van der Waals surface area (Å²) in [5.74, 6) is 0.703. The number of nitrogens with zero attached hydrogens (tertiary/aromatic N) is 4. The van der Waals surface area contributed by atoms with Gasteiger partial charge in [0.1, 0.15) is 11.2 Å². The van der Waals surface area contributed by atoms with Crippen molar-refractivity contribution >= 4 is 49.5 Å². The molecule has 10 aromatic rings. The molecule has 0 N–H and O–H groups in total. The van der Waals surface area contributed by atoms with E-state index in [1.165, 1.54) is 0 Å². The smallest absolute Gasteiger partial charge is 0.215 e. The quantitative estimate of drug-likeness (QED) is 0.198. The Balaban J connectivity index is 1.16. The van der Waals surface area contributed by atoms with Gasteiger partial charge < -0.3 is 4.42 Å². The maximum atomic E-state index is 6.64. The van der Waals surface area contributed by atoms with Gasteiger partial charge in [0.05, 0.1) is 27.8 Å². The predicted molar refractivity (Wildman–Crippen MR) is 195 cm³/mol. The standard InChI is InChI=1S/C43H26N4O/c1-3-12-27(13-4-1)36-26-37(45-41(44-36)28-14-5-2-6-15-28)31-17-11-16-29(24-31)30-22-23-39-34(25-30)40-32-18-7-8-19-33(32)42-46-35-20-9-10-21-38(35)47(42)43(40)48-39/h1-26H. The molecule has 4 heterocycles. The molecule has 0 saturated heterocycles. The summed E-state index contributed by atoms with van der Waals surface area (Å²) >= 11 is 0. The Labute approximate surface area is 275 Å². The van der Waals surface area contributed by atoms with Crippen LogP contribution in [0.2, 0.25) is 0 Å². The second-order valence-corrected chi connectivity index (χ2v) is 12.1. The highest BCUT2D eigenvalue weighted by Crippen LogP contribution is 2.40. The monoisotopic (exact) mass is 614 g/mol. The molecule has 0 fully saturated rings. The number of fused-ring (bicyclic) bond motifs is 10. The molecule has 0 unspecified atom stereocenters. The molecular formula is C43H26N4O. The lowest BCUT2D eigenvalue weighted by Gasteiger charge is -2.11. The molecule has 5 nitrogen and oxygen atoms in total. The van der Waals surface area contributed by atoms with Crippen LogP contribution in [-0.2, 0) is 0 Å². The number of furan rings is 1. The van der Waals surface area contributed by atoms with Gasteiger partial charge in [-0.05, 0) is 52.9 Å². The third-order valence-electron chi connectivity index (χ3n) is 9.19. The maximum Gasteiger partial charge on any atom is 0.215 e. The fraction of sp³-hybridized carbons (Fsp3) is 0. The minimum atomic E-state index is 0.703. The molecule has 224 valence electrons. The first-order chi connectivity index (χ1) is 23.8. The molecule has 4 aromatic heterocycles. The molecule has 0 aliphatic carbocycles. The van der Waals surface area contributed by atoms with E-state index >= 15 is 0 Å². The normalized spacial score (nSPS) is 11.8. The first kappa shape index (κ1) is 26.6. The number of benzene rings is 6. The van der Waals surface area contributed by atoms with E-state index in [1.54, 1.807) is 0 Å². The van der Waals surface area contributed by atoms with Gasteiger partial charge in [-0.2, -0.15) is 0 Å². The molecule has 0 atom stereocenters. The van der Waals surface area contributed by atoms with Gasteiger partial charge >= 0.3 is 0 Å². The van der Waals surface area contributed by atoms with Crippen molar-refractivity contribution in [3.63, 3.8) is 0 Å². The van der Waals surface area contributed by atoms with Gasteiger partial charge in [0.25, 0.3) is 0 Å². The van der Waals surface area contributed by atoms with Crippen molar-refractivity contribution < 1.29 is 4.42 Å². The molecule has 0 aliphatic rings. The minimum absolute atomic E-state index is 0.703. The summed E-state index contributed by atoms with van der Waals surface area (Å²) in [7, 11) is 0. The van der Waals surface area contributed by atoms with Gasteiger partial charge in [-0.3, -0.25) is 4.40 Å². The molecular weight excluding hydrogens is 589 g/mol.